The second-order valence-electron chi connectivity index (χ2n) is 3.62. The first-order chi connectivity index (χ1) is 7.59. The van der Waals surface area contributed by atoms with Crippen molar-refractivity contribution >= 4 is 23.2 Å². The molecule has 0 spiro atoms. The van der Waals surface area contributed by atoms with Crippen molar-refractivity contribution in [3.63, 3.8) is 0 Å². The molecule has 1 aromatic heterocycles. The number of halogens is 2. The van der Waals surface area contributed by atoms with E-state index < -0.39 is 6.10 Å². The van der Waals surface area contributed by atoms with E-state index in [1.54, 1.807) is 18.2 Å². The largest absolute Gasteiger partial charge is 0.382 e. The molecule has 1 N–H and O–H groups in total. The minimum Gasteiger partial charge on any atom is -0.382 e. The summed E-state index contributed by atoms with van der Waals surface area (Å²) in [6.45, 7) is 0. The van der Waals surface area contributed by atoms with Gasteiger partial charge in [0.05, 0.1) is 15.7 Å². The average Bonchev–Trinajstić information content (AvgIpc) is 2.67. The van der Waals surface area contributed by atoms with E-state index in [-0.39, 0.29) is 0 Å². The van der Waals surface area contributed by atoms with Crippen molar-refractivity contribution in [2.45, 2.75) is 6.10 Å². The maximum absolute atomic E-state index is 10.2. The third-order valence-electron chi connectivity index (χ3n) is 2.52. The summed E-state index contributed by atoms with van der Waals surface area (Å²) in [5.41, 5.74) is 1.55. The van der Waals surface area contributed by atoms with Crippen molar-refractivity contribution in [1.29, 1.82) is 0 Å². The van der Waals surface area contributed by atoms with E-state index >= 15 is 0 Å². The minimum atomic E-state index is -0.685. The quantitative estimate of drug-likeness (QED) is 0.875. The second kappa shape index (κ2) is 4.50. The first-order valence-electron chi connectivity index (χ1n) is 4.84. The smallest absolute Gasteiger partial charge is 0.119 e. The fourth-order valence-corrected chi connectivity index (χ4v) is 1.92. The van der Waals surface area contributed by atoms with Gasteiger partial charge in [0.15, 0.2) is 0 Å². The van der Waals surface area contributed by atoms with Crippen LogP contribution in [0, 0.1) is 0 Å². The molecule has 0 amide bonds. The Labute approximate surface area is 104 Å². The highest BCUT2D eigenvalue weighted by atomic mass is 35.5. The van der Waals surface area contributed by atoms with Crippen LogP contribution in [-0.4, -0.2) is 9.67 Å². The van der Waals surface area contributed by atoms with Crippen LogP contribution in [0.2, 0.25) is 10.0 Å². The maximum atomic E-state index is 10.2. The Morgan fingerprint density at radius 3 is 2.50 bits per heavy atom. The number of aliphatic hydroxyl groups excluding tert-OH is 1. The zero-order valence-corrected chi connectivity index (χ0v) is 10.2. The standard InChI is InChI=1S/C12H11Cl2NO/c1-15-6-2-3-11(15)12(16)8-4-5-9(13)10(14)7-8/h2-7,12,16H,1H3/t12-/m1/s1. The number of rotatable bonds is 2. The number of hydrogen-bond acceptors (Lipinski definition) is 1. The summed E-state index contributed by atoms with van der Waals surface area (Å²) < 4.78 is 1.87. The van der Waals surface area contributed by atoms with Crippen LogP contribution in [0.5, 0.6) is 0 Å². The zero-order valence-electron chi connectivity index (χ0n) is 8.69. The van der Waals surface area contributed by atoms with Crippen molar-refractivity contribution < 1.29 is 5.11 Å². The lowest BCUT2D eigenvalue weighted by Crippen LogP contribution is -2.04. The van der Waals surface area contributed by atoms with Crippen LogP contribution in [0.25, 0.3) is 0 Å². The molecular weight excluding hydrogens is 245 g/mol. The van der Waals surface area contributed by atoms with Crippen LogP contribution in [0.1, 0.15) is 17.4 Å². The normalized spacial score (nSPS) is 12.8. The molecule has 84 valence electrons. The predicted molar refractivity (Wildman–Crippen MR) is 65.9 cm³/mol. The van der Waals surface area contributed by atoms with Crippen LogP contribution >= 0.6 is 23.2 Å². The summed E-state index contributed by atoms with van der Waals surface area (Å²) in [5.74, 6) is 0. The summed E-state index contributed by atoms with van der Waals surface area (Å²) in [6.07, 6.45) is 1.20. The molecule has 4 heteroatoms. The molecule has 16 heavy (non-hydrogen) atoms. The van der Waals surface area contributed by atoms with Crippen molar-refractivity contribution in [3.8, 4) is 0 Å². The van der Waals surface area contributed by atoms with Crippen molar-refractivity contribution in [2.75, 3.05) is 0 Å². The van der Waals surface area contributed by atoms with Gasteiger partial charge in [0.2, 0.25) is 0 Å². The summed E-state index contributed by atoms with van der Waals surface area (Å²) >= 11 is 11.7. The number of nitrogens with zero attached hydrogens (tertiary/aromatic N) is 1. The van der Waals surface area contributed by atoms with Gasteiger partial charge in [0, 0.05) is 13.2 Å². The van der Waals surface area contributed by atoms with Gasteiger partial charge in [-0.1, -0.05) is 29.3 Å². The number of hydrogen-bond donors (Lipinski definition) is 1. The monoisotopic (exact) mass is 255 g/mol. The van der Waals surface area contributed by atoms with E-state index in [4.69, 9.17) is 23.2 Å². The summed E-state index contributed by atoms with van der Waals surface area (Å²) in [6, 6.07) is 8.89. The highest BCUT2D eigenvalue weighted by Crippen LogP contribution is 2.28. The molecular formula is C12H11Cl2NO. The first-order valence-corrected chi connectivity index (χ1v) is 5.59. The summed E-state index contributed by atoms with van der Waals surface area (Å²) in [5, 5.41) is 11.1. The van der Waals surface area contributed by atoms with Crippen molar-refractivity contribution in [3.05, 3.63) is 57.8 Å². The lowest BCUT2D eigenvalue weighted by atomic mass is 10.1. The molecule has 0 saturated carbocycles. The van der Waals surface area contributed by atoms with Gasteiger partial charge in [-0.15, -0.1) is 0 Å². The zero-order chi connectivity index (χ0) is 11.7. The van der Waals surface area contributed by atoms with E-state index in [0.29, 0.717) is 10.0 Å². The minimum absolute atomic E-state index is 0.451. The molecule has 0 saturated heterocycles. The van der Waals surface area contributed by atoms with E-state index in [0.717, 1.165) is 11.3 Å². The molecule has 2 nitrogen and oxygen atoms in total. The molecule has 0 aliphatic carbocycles. The summed E-state index contributed by atoms with van der Waals surface area (Å²) in [7, 11) is 1.88. The topological polar surface area (TPSA) is 25.2 Å². The SMILES string of the molecule is Cn1cccc1[C@H](O)c1ccc(Cl)c(Cl)c1. The van der Waals surface area contributed by atoms with Crippen LogP contribution in [0.15, 0.2) is 36.5 Å². The van der Waals surface area contributed by atoms with Gasteiger partial charge in [-0.25, -0.2) is 0 Å². The Bertz CT molecular complexity index is 507. The van der Waals surface area contributed by atoms with Crippen LogP contribution in [-0.2, 0) is 7.05 Å². The molecule has 2 rings (SSSR count). The number of aliphatic hydroxyl groups is 1. The predicted octanol–water partition coefficient (Wildman–Crippen LogP) is 3.41. The van der Waals surface area contributed by atoms with Crippen molar-refractivity contribution in [2.24, 2.45) is 7.05 Å². The third-order valence-corrected chi connectivity index (χ3v) is 3.26. The summed E-state index contributed by atoms with van der Waals surface area (Å²) in [4.78, 5) is 0. The van der Waals surface area contributed by atoms with Crippen LogP contribution < -0.4 is 0 Å². The molecule has 2 aromatic rings. The average molecular weight is 256 g/mol. The van der Waals surface area contributed by atoms with Gasteiger partial charge in [-0.05, 0) is 29.8 Å². The Morgan fingerprint density at radius 2 is 1.94 bits per heavy atom. The van der Waals surface area contributed by atoms with Gasteiger partial charge in [-0.3, -0.25) is 0 Å². The van der Waals surface area contributed by atoms with Gasteiger partial charge >= 0.3 is 0 Å². The number of aryl methyl sites for hydroxylation is 1. The fraction of sp³-hybridized carbons (Fsp3) is 0.167. The molecule has 0 fully saturated rings. The number of benzene rings is 1. The van der Waals surface area contributed by atoms with Gasteiger partial charge < -0.3 is 9.67 Å². The second-order valence-corrected chi connectivity index (χ2v) is 4.43. The molecule has 0 aliphatic rings. The lowest BCUT2D eigenvalue weighted by molar-refractivity contribution is 0.211. The molecule has 0 aliphatic heterocycles. The highest BCUT2D eigenvalue weighted by Gasteiger charge is 2.13. The Balaban J connectivity index is 2.38. The van der Waals surface area contributed by atoms with Gasteiger partial charge in [0.1, 0.15) is 6.10 Å². The lowest BCUT2D eigenvalue weighted by Gasteiger charge is -2.13. The van der Waals surface area contributed by atoms with Crippen LogP contribution in [0.4, 0.5) is 0 Å². The van der Waals surface area contributed by atoms with Gasteiger partial charge in [-0.2, -0.15) is 0 Å². The Kier molecular flexibility index (Phi) is 3.24. The van der Waals surface area contributed by atoms with Crippen molar-refractivity contribution in [1.82, 2.24) is 4.57 Å². The highest BCUT2D eigenvalue weighted by molar-refractivity contribution is 6.42. The van der Waals surface area contributed by atoms with Crippen LogP contribution in [0.3, 0.4) is 0 Å². The molecule has 1 aromatic carbocycles. The number of aromatic nitrogens is 1. The fourth-order valence-electron chi connectivity index (χ4n) is 1.61. The Morgan fingerprint density at radius 1 is 1.19 bits per heavy atom. The van der Waals surface area contributed by atoms with E-state index in [1.807, 2.05) is 29.9 Å². The first kappa shape index (κ1) is 11.5. The van der Waals surface area contributed by atoms with E-state index in [9.17, 15) is 5.11 Å². The molecule has 0 bridgehead atoms. The maximum Gasteiger partial charge on any atom is 0.119 e. The van der Waals surface area contributed by atoms with E-state index in [1.165, 1.54) is 0 Å². The Hall–Kier alpha value is -0.960. The van der Waals surface area contributed by atoms with E-state index in [2.05, 4.69) is 0 Å². The molecule has 1 atom stereocenters. The molecule has 0 radical (unpaired) electrons. The third kappa shape index (κ3) is 2.09. The molecule has 1 heterocycles. The molecule has 0 unspecified atom stereocenters. The van der Waals surface area contributed by atoms with Gasteiger partial charge in [0.25, 0.3) is 0 Å².